The summed E-state index contributed by atoms with van der Waals surface area (Å²) in [6, 6.07) is 10.1. The molecule has 2 aromatic carbocycles. The quantitative estimate of drug-likeness (QED) is 0.760. The molecule has 0 bridgehead atoms. The molecule has 0 aliphatic rings. The van der Waals surface area contributed by atoms with Crippen molar-refractivity contribution in [2.24, 2.45) is 0 Å². The zero-order valence-electron chi connectivity index (χ0n) is 16.3. The van der Waals surface area contributed by atoms with E-state index >= 15 is 0 Å². The Morgan fingerprint density at radius 2 is 1.78 bits per heavy atom. The lowest BCUT2D eigenvalue weighted by Crippen LogP contribution is -2.30. The minimum Gasteiger partial charge on any atom is -0.483 e. The second kappa shape index (κ2) is 8.54. The molecule has 2 aromatic rings. The van der Waals surface area contributed by atoms with Crippen molar-refractivity contribution in [3.05, 3.63) is 53.1 Å². The Kier molecular flexibility index (Phi) is 6.62. The number of nitrogens with one attached hydrogen (secondary N) is 2. The Morgan fingerprint density at radius 3 is 2.41 bits per heavy atom. The molecule has 0 aliphatic carbocycles. The summed E-state index contributed by atoms with van der Waals surface area (Å²) in [6.07, 6.45) is 0. The number of carbonyl (C=O) groups is 1. The van der Waals surface area contributed by atoms with Crippen molar-refractivity contribution in [3.8, 4) is 5.75 Å². The molecule has 0 atom stereocenters. The fourth-order valence-electron chi connectivity index (χ4n) is 2.55. The molecule has 0 heterocycles. The minimum atomic E-state index is -3.56. The van der Waals surface area contributed by atoms with Crippen LogP contribution in [-0.2, 0) is 14.8 Å². The van der Waals surface area contributed by atoms with E-state index in [0.717, 1.165) is 16.8 Å². The van der Waals surface area contributed by atoms with Gasteiger partial charge >= 0.3 is 0 Å². The van der Waals surface area contributed by atoms with Gasteiger partial charge in [0.05, 0.1) is 4.90 Å². The Labute approximate surface area is 161 Å². The molecule has 1 amide bonds. The largest absolute Gasteiger partial charge is 0.483 e. The van der Waals surface area contributed by atoms with Crippen molar-refractivity contribution in [1.29, 1.82) is 0 Å². The van der Waals surface area contributed by atoms with Gasteiger partial charge in [0.2, 0.25) is 10.0 Å². The number of aryl methyl sites for hydroxylation is 2. The molecule has 0 fully saturated rings. The van der Waals surface area contributed by atoms with Gasteiger partial charge in [-0.2, -0.15) is 0 Å². The summed E-state index contributed by atoms with van der Waals surface area (Å²) >= 11 is 0. The van der Waals surface area contributed by atoms with E-state index in [4.69, 9.17) is 4.74 Å². The van der Waals surface area contributed by atoms with Gasteiger partial charge in [0.15, 0.2) is 6.61 Å². The lowest BCUT2D eigenvalue weighted by molar-refractivity contribution is -0.118. The number of sulfonamides is 1. The zero-order valence-corrected chi connectivity index (χ0v) is 17.1. The highest BCUT2D eigenvalue weighted by Crippen LogP contribution is 2.22. The molecule has 146 valence electrons. The van der Waals surface area contributed by atoms with Gasteiger partial charge in [-0.1, -0.05) is 12.1 Å². The van der Waals surface area contributed by atoms with Crippen LogP contribution in [0.25, 0.3) is 0 Å². The Balaban J connectivity index is 2.04. The number of rotatable bonds is 7. The molecule has 0 spiro atoms. The van der Waals surface area contributed by atoms with Gasteiger partial charge in [-0.3, -0.25) is 4.79 Å². The third-order valence-electron chi connectivity index (χ3n) is 4.09. The van der Waals surface area contributed by atoms with Crippen molar-refractivity contribution in [1.82, 2.24) is 4.72 Å². The van der Waals surface area contributed by atoms with Crippen LogP contribution in [-0.4, -0.2) is 27.0 Å². The van der Waals surface area contributed by atoms with Gasteiger partial charge in [-0.25, -0.2) is 13.1 Å². The first-order valence-electron chi connectivity index (χ1n) is 8.72. The topological polar surface area (TPSA) is 84.5 Å². The molecule has 2 N–H and O–H groups in total. The van der Waals surface area contributed by atoms with Crippen LogP contribution in [0.4, 0.5) is 5.69 Å². The highest BCUT2D eigenvalue weighted by Gasteiger charge is 2.17. The van der Waals surface area contributed by atoms with Crippen molar-refractivity contribution in [2.75, 3.05) is 11.9 Å². The van der Waals surface area contributed by atoms with Gasteiger partial charge in [0.1, 0.15) is 5.75 Å². The number of hydrogen-bond donors (Lipinski definition) is 2. The van der Waals surface area contributed by atoms with Crippen LogP contribution >= 0.6 is 0 Å². The Bertz CT molecular complexity index is 937. The van der Waals surface area contributed by atoms with E-state index in [1.807, 2.05) is 32.0 Å². The van der Waals surface area contributed by atoms with Crippen molar-refractivity contribution >= 4 is 21.6 Å². The van der Waals surface area contributed by atoms with Gasteiger partial charge < -0.3 is 10.1 Å². The number of anilines is 1. The second-order valence-corrected chi connectivity index (χ2v) is 8.50. The van der Waals surface area contributed by atoms with E-state index in [1.54, 1.807) is 26.8 Å². The van der Waals surface area contributed by atoms with E-state index in [1.165, 1.54) is 12.1 Å². The van der Waals surface area contributed by atoms with Gasteiger partial charge in [0.25, 0.3) is 5.91 Å². The highest BCUT2D eigenvalue weighted by atomic mass is 32.2. The lowest BCUT2D eigenvalue weighted by Gasteiger charge is -2.14. The van der Waals surface area contributed by atoms with Gasteiger partial charge in [0, 0.05) is 11.7 Å². The van der Waals surface area contributed by atoms with Gasteiger partial charge in [-0.05, 0) is 75.6 Å². The number of carbonyl (C=O) groups excluding carboxylic acids is 1. The first-order valence-corrected chi connectivity index (χ1v) is 10.2. The predicted octanol–water partition coefficient (Wildman–Crippen LogP) is 3.32. The minimum absolute atomic E-state index is 0.162. The fourth-order valence-corrected chi connectivity index (χ4v) is 3.88. The molecule has 2 rings (SSSR count). The standard InChI is InChI=1S/C20H26N2O4S/c1-13(2)22-27(24,25)17-9-10-19(15(4)11-17)26-12-20(23)21-18-8-6-7-14(3)16(18)5/h6-11,13,22H,12H2,1-5H3,(H,21,23). The van der Waals surface area contributed by atoms with E-state index in [-0.39, 0.29) is 23.5 Å². The SMILES string of the molecule is Cc1cc(S(=O)(=O)NC(C)C)ccc1OCC(=O)Nc1cccc(C)c1C. The summed E-state index contributed by atoms with van der Waals surface area (Å²) < 4.78 is 32.5. The molecule has 27 heavy (non-hydrogen) atoms. The van der Waals surface area contributed by atoms with Crippen molar-refractivity contribution in [2.45, 2.75) is 45.6 Å². The molecule has 0 saturated carbocycles. The molecule has 7 heteroatoms. The van der Waals surface area contributed by atoms with Crippen molar-refractivity contribution < 1.29 is 17.9 Å². The number of hydrogen-bond acceptors (Lipinski definition) is 4. The summed E-state index contributed by atoms with van der Waals surface area (Å²) in [5, 5.41) is 2.83. The Hall–Kier alpha value is -2.38. The molecule has 0 radical (unpaired) electrons. The maximum Gasteiger partial charge on any atom is 0.262 e. The molecular formula is C20H26N2O4S. The third-order valence-corrected chi connectivity index (χ3v) is 5.74. The predicted molar refractivity (Wildman–Crippen MR) is 107 cm³/mol. The monoisotopic (exact) mass is 390 g/mol. The third kappa shape index (κ3) is 5.55. The van der Waals surface area contributed by atoms with Crippen LogP contribution in [0.5, 0.6) is 5.75 Å². The molecule has 0 saturated heterocycles. The highest BCUT2D eigenvalue weighted by molar-refractivity contribution is 7.89. The van der Waals surface area contributed by atoms with Crippen LogP contribution < -0.4 is 14.8 Å². The van der Waals surface area contributed by atoms with Crippen LogP contribution in [0.3, 0.4) is 0 Å². The first kappa shape index (κ1) is 20.9. The van der Waals surface area contributed by atoms with Crippen LogP contribution in [0.15, 0.2) is 41.3 Å². The van der Waals surface area contributed by atoms with Crippen molar-refractivity contribution in [3.63, 3.8) is 0 Å². The summed E-state index contributed by atoms with van der Waals surface area (Å²) in [7, 11) is -3.56. The van der Waals surface area contributed by atoms with Gasteiger partial charge in [-0.15, -0.1) is 0 Å². The van der Waals surface area contributed by atoms with Crippen LogP contribution in [0.2, 0.25) is 0 Å². The number of amides is 1. The molecular weight excluding hydrogens is 364 g/mol. The van der Waals surface area contributed by atoms with E-state index in [9.17, 15) is 13.2 Å². The first-order chi connectivity index (χ1) is 12.6. The average molecular weight is 391 g/mol. The molecule has 0 unspecified atom stereocenters. The second-order valence-electron chi connectivity index (χ2n) is 6.79. The molecule has 0 aromatic heterocycles. The average Bonchev–Trinajstić information content (AvgIpc) is 2.56. The summed E-state index contributed by atoms with van der Waals surface area (Å²) in [4.78, 5) is 12.3. The molecule has 0 aliphatic heterocycles. The normalized spacial score (nSPS) is 11.5. The van der Waals surface area contributed by atoms with E-state index < -0.39 is 10.0 Å². The number of benzene rings is 2. The molecule has 6 nitrogen and oxygen atoms in total. The maximum absolute atomic E-state index is 12.2. The fraction of sp³-hybridized carbons (Fsp3) is 0.350. The lowest BCUT2D eigenvalue weighted by atomic mass is 10.1. The Morgan fingerprint density at radius 1 is 1.07 bits per heavy atom. The van der Waals surface area contributed by atoms with Crippen LogP contribution in [0.1, 0.15) is 30.5 Å². The van der Waals surface area contributed by atoms with Crippen LogP contribution in [0, 0.1) is 20.8 Å². The smallest absolute Gasteiger partial charge is 0.262 e. The zero-order chi connectivity index (χ0) is 20.2. The summed E-state index contributed by atoms with van der Waals surface area (Å²) in [5.41, 5.74) is 3.49. The van der Waals surface area contributed by atoms with E-state index in [0.29, 0.717) is 11.3 Å². The summed E-state index contributed by atoms with van der Waals surface area (Å²) in [5.74, 6) is 0.191. The van der Waals surface area contributed by atoms with E-state index in [2.05, 4.69) is 10.0 Å². The maximum atomic E-state index is 12.2. The number of ether oxygens (including phenoxy) is 1. The summed E-state index contributed by atoms with van der Waals surface area (Å²) in [6.45, 7) is 9.03.